The summed E-state index contributed by atoms with van der Waals surface area (Å²) in [6.07, 6.45) is 1.10. The maximum absolute atomic E-state index is 12.6. The number of nitrogens with one attached hydrogen (secondary N) is 1. The van der Waals surface area contributed by atoms with E-state index < -0.39 is 0 Å². The van der Waals surface area contributed by atoms with E-state index in [9.17, 15) is 9.59 Å². The first-order chi connectivity index (χ1) is 13.7. The zero-order valence-electron chi connectivity index (χ0n) is 15.5. The number of aryl methyl sites for hydroxylation is 1. The van der Waals surface area contributed by atoms with E-state index in [-0.39, 0.29) is 18.1 Å². The zero-order valence-corrected chi connectivity index (χ0v) is 15.5. The van der Waals surface area contributed by atoms with Crippen LogP contribution in [0.4, 0.5) is 0 Å². The fourth-order valence-electron chi connectivity index (χ4n) is 2.80. The fraction of sp³-hybridized carbons (Fsp3) is 0.125. The Morgan fingerprint density at radius 3 is 1.86 bits per heavy atom. The minimum Gasteiger partial charge on any atom is -0.294 e. The molecule has 0 saturated heterocycles. The van der Waals surface area contributed by atoms with Crippen LogP contribution in [0.5, 0.6) is 0 Å². The number of hydrazone groups is 1. The van der Waals surface area contributed by atoms with Crippen LogP contribution in [0.25, 0.3) is 0 Å². The molecule has 0 fully saturated rings. The molecular weight excluding hydrogens is 348 g/mol. The first kappa shape index (κ1) is 19.2. The van der Waals surface area contributed by atoms with Gasteiger partial charge in [0, 0.05) is 12.0 Å². The van der Waals surface area contributed by atoms with E-state index in [0.29, 0.717) is 24.1 Å². The topological polar surface area (TPSA) is 58.5 Å². The van der Waals surface area contributed by atoms with Crippen molar-refractivity contribution in [2.45, 2.75) is 19.3 Å². The predicted molar refractivity (Wildman–Crippen MR) is 111 cm³/mol. The Bertz CT molecular complexity index is 936. The molecule has 1 N–H and O–H groups in total. The second-order valence-electron chi connectivity index (χ2n) is 6.41. The largest absolute Gasteiger partial charge is 0.294 e. The van der Waals surface area contributed by atoms with Crippen molar-refractivity contribution in [3.8, 4) is 0 Å². The van der Waals surface area contributed by atoms with Gasteiger partial charge < -0.3 is 0 Å². The fourth-order valence-corrected chi connectivity index (χ4v) is 2.80. The van der Waals surface area contributed by atoms with Gasteiger partial charge in [0.25, 0.3) is 0 Å². The standard InChI is InChI=1S/C24H22N2O2/c27-23(21-14-8-3-9-15-21)18-22(20-12-6-2-7-13-20)25-26-24(28)17-16-19-10-4-1-5-11-19/h1-15H,16-18H2,(H,26,28)/b25-22+. The molecule has 0 aromatic heterocycles. The number of rotatable bonds is 8. The molecule has 1 amide bonds. The lowest BCUT2D eigenvalue weighted by atomic mass is 10.0. The molecule has 0 aliphatic carbocycles. The SMILES string of the molecule is O=C(CCc1ccccc1)N/N=C(\CC(=O)c1ccccc1)c1ccccc1. The van der Waals surface area contributed by atoms with Crippen LogP contribution < -0.4 is 5.43 Å². The molecule has 0 aliphatic rings. The summed E-state index contributed by atoms with van der Waals surface area (Å²) in [6.45, 7) is 0. The number of carbonyl (C=O) groups excluding carboxylic acids is 2. The van der Waals surface area contributed by atoms with Crippen LogP contribution in [0, 0.1) is 0 Å². The molecule has 3 rings (SSSR count). The van der Waals surface area contributed by atoms with Crippen LogP contribution in [0.15, 0.2) is 96.1 Å². The molecule has 3 aromatic rings. The minimum atomic E-state index is -0.176. The molecule has 0 saturated carbocycles. The van der Waals surface area contributed by atoms with Crippen molar-refractivity contribution in [1.82, 2.24) is 5.43 Å². The molecule has 0 aliphatic heterocycles. The number of nitrogens with zero attached hydrogens (tertiary/aromatic N) is 1. The molecule has 4 nitrogen and oxygen atoms in total. The van der Waals surface area contributed by atoms with Crippen LogP contribution in [-0.2, 0) is 11.2 Å². The number of hydrogen-bond donors (Lipinski definition) is 1. The van der Waals surface area contributed by atoms with Crippen molar-refractivity contribution in [1.29, 1.82) is 0 Å². The smallest absolute Gasteiger partial charge is 0.240 e. The molecule has 4 heteroatoms. The Kier molecular flexibility index (Phi) is 6.85. The van der Waals surface area contributed by atoms with Crippen LogP contribution >= 0.6 is 0 Å². The van der Waals surface area contributed by atoms with Gasteiger partial charge in [0.1, 0.15) is 0 Å². The molecule has 0 unspecified atom stereocenters. The number of amides is 1. The third-order valence-corrected chi connectivity index (χ3v) is 4.33. The maximum Gasteiger partial charge on any atom is 0.240 e. The van der Waals surface area contributed by atoms with Gasteiger partial charge in [-0.2, -0.15) is 5.10 Å². The lowest BCUT2D eigenvalue weighted by molar-refractivity contribution is -0.121. The molecule has 0 bridgehead atoms. The number of ketones is 1. The second-order valence-corrected chi connectivity index (χ2v) is 6.41. The van der Waals surface area contributed by atoms with Gasteiger partial charge in [-0.25, -0.2) is 5.43 Å². The van der Waals surface area contributed by atoms with E-state index in [1.807, 2.05) is 78.9 Å². The predicted octanol–water partition coefficient (Wildman–Crippen LogP) is 4.41. The van der Waals surface area contributed by atoms with Crippen molar-refractivity contribution < 1.29 is 9.59 Å². The van der Waals surface area contributed by atoms with Gasteiger partial charge in [-0.05, 0) is 17.5 Å². The van der Waals surface area contributed by atoms with Gasteiger partial charge in [0.2, 0.25) is 5.91 Å². The van der Waals surface area contributed by atoms with Crippen LogP contribution in [-0.4, -0.2) is 17.4 Å². The van der Waals surface area contributed by atoms with Crippen LogP contribution in [0.1, 0.15) is 34.3 Å². The average molecular weight is 370 g/mol. The van der Waals surface area contributed by atoms with Crippen LogP contribution in [0.2, 0.25) is 0 Å². The van der Waals surface area contributed by atoms with E-state index >= 15 is 0 Å². The van der Waals surface area contributed by atoms with Crippen LogP contribution in [0.3, 0.4) is 0 Å². The van der Waals surface area contributed by atoms with Crippen molar-refractivity contribution in [2.24, 2.45) is 5.10 Å². The lowest BCUT2D eigenvalue weighted by Crippen LogP contribution is -2.21. The molecule has 140 valence electrons. The third-order valence-electron chi connectivity index (χ3n) is 4.33. The highest BCUT2D eigenvalue weighted by atomic mass is 16.2. The summed E-state index contributed by atoms with van der Waals surface area (Å²) in [5.74, 6) is -0.216. The van der Waals surface area contributed by atoms with Crippen molar-refractivity contribution in [3.05, 3.63) is 108 Å². The van der Waals surface area contributed by atoms with Gasteiger partial charge in [-0.1, -0.05) is 91.0 Å². The summed E-state index contributed by atoms with van der Waals surface area (Å²) in [5.41, 5.74) is 5.69. The van der Waals surface area contributed by atoms with E-state index in [1.54, 1.807) is 12.1 Å². The van der Waals surface area contributed by atoms with Gasteiger partial charge >= 0.3 is 0 Å². The summed E-state index contributed by atoms with van der Waals surface area (Å²) in [5, 5.41) is 4.27. The summed E-state index contributed by atoms with van der Waals surface area (Å²) >= 11 is 0. The molecule has 0 heterocycles. The number of hydrogen-bond acceptors (Lipinski definition) is 3. The quantitative estimate of drug-likeness (QED) is 0.363. The monoisotopic (exact) mass is 370 g/mol. The highest BCUT2D eigenvalue weighted by Gasteiger charge is 2.13. The Morgan fingerprint density at radius 1 is 0.714 bits per heavy atom. The van der Waals surface area contributed by atoms with Gasteiger partial charge in [-0.3, -0.25) is 9.59 Å². The summed E-state index contributed by atoms with van der Waals surface area (Å²) in [4.78, 5) is 24.8. The van der Waals surface area contributed by atoms with E-state index in [4.69, 9.17) is 0 Å². The summed E-state index contributed by atoms with van der Waals surface area (Å²) in [7, 11) is 0. The van der Waals surface area contributed by atoms with E-state index in [0.717, 1.165) is 11.1 Å². The lowest BCUT2D eigenvalue weighted by Gasteiger charge is -2.08. The van der Waals surface area contributed by atoms with E-state index in [1.165, 1.54) is 0 Å². The molecule has 28 heavy (non-hydrogen) atoms. The second kappa shape index (κ2) is 9.97. The summed E-state index contributed by atoms with van der Waals surface area (Å²) < 4.78 is 0. The minimum absolute atomic E-state index is 0.0401. The first-order valence-electron chi connectivity index (χ1n) is 9.25. The molecule has 0 radical (unpaired) electrons. The first-order valence-corrected chi connectivity index (χ1v) is 9.25. The Labute approximate surface area is 164 Å². The van der Waals surface area contributed by atoms with Crippen molar-refractivity contribution in [3.63, 3.8) is 0 Å². The number of carbonyl (C=O) groups is 2. The highest BCUT2D eigenvalue weighted by Crippen LogP contribution is 2.10. The Morgan fingerprint density at radius 2 is 1.25 bits per heavy atom. The number of Topliss-reactive ketones (excluding diaryl/α,β-unsaturated/α-hetero) is 1. The van der Waals surface area contributed by atoms with E-state index in [2.05, 4.69) is 10.5 Å². The Balaban J connectivity index is 1.68. The van der Waals surface area contributed by atoms with Gasteiger partial charge in [0.05, 0.1) is 12.1 Å². The average Bonchev–Trinajstić information content (AvgIpc) is 2.77. The van der Waals surface area contributed by atoms with Crippen molar-refractivity contribution >= 4 is 17.4 Å². The maximum atomic E-state index is 12.6. The van der Waals surface area contributed by atoms with Crippen molar-refractivity contribution in [2.75, 3.05) is 0 Å². The molecule has 3 aromatic carbocycles. The summed E-state index contributed by atoms with van der Waals surface area (Å²) in [6, 6.07) is 28.4. The molecule has 0 atom stereocenters. The molecular formula is C24H22N2O2. The third kappa shape index (κ3) is 5.74. The normalized spacial score (nSPS) is 11.1. The van der Waals surface area contributed by atoms with Gasteiger partial charge in [0.15, 0.2) is 5.78 Å². The Hall–Kier alpha value is -3.53. The number of benzene rings is 3. The molecule has 0 spiro atoms. The zero-order chi connectivity index (χ0) is 19.6. The van der Waals surface area contributed by atoms with Gasteiger partial charge in [-0.15, -0.1) is 0 Å². The highest BCUT2D eigenvalue weighted by molar-refractivity contribution is 6.15.